The molecule has 2 aromatic carbocycles. The van der Waals surface area contributed by atoms with E-state index in [0.29, 0.717) is 25.9 Å². The van der Waals surface area contributed by atoms with E-state index in [-0.39, 0.29) is 17.6 Å². The summed E-state index contributed by atoms with van der Waals surface area (Å²) < 4.78 is 39.8. The fourth-order valence-electron chi connectivity index (χ4n) is 5.07. The van der Waals surface area contributed by atoms with Gasteiger partial charge in [0.15, 0.2) is 0 Å². The molecule has 2 aliphatic heterocycles. The van der Waals surface area contributed by atoms with E-state index in [1.54, 1.807) is 4.90 Å². The molecule has 8 nitrogen and oxygen atoms in total. The van der Waals surface area contributed by atoms with Gasteiger partial charge in [0.05, 0.1) is 4.92 Å². The molecule has 2 heterocycles. The van der Waals surface area contributed by atoms with Gasteiger partial charge < -0.3 is 20.0 Å². The van der Waals surface area contributed by atoms with E-state index < -0.39 is 22.4 Å². The van der Waals surface area contributed by atoms with Gasteiger partial charge in [-0.3, -0.25) is 14.9 Å². The molecular weight excluding hydrogens is 523 g/mol. The van der Waals surface area contributed by atoms with E-state index in [4.69, 9.17) is 11.6 Å². The lowest BCUT2D eigenvalue weighted by atomic mass is 10.1. The predicted molar refractivity (Wildman–Crippen MR) is 141 cm³/mol. The maximum absolute atomic E-state index is 13.3. The van der Waals surface area contributed by atoms with Crippen molar-refractivity contribution in [3.63, 3.8) is 0 Å². The van der Waals surface area contributed by atoms with Gasteiger partial charge in [-0.1, -0.05) is 11.6 Å². The number of nitrogens with zero attached hydrogens (tertiary/aromatic N) is 4. The highest BCUT2D eigenvalue weighted by Crippen LogP contribution is 2.38. The first-order chi connectivity index (χ1) is 18.1. The van der Waals surface area contributed by atoms with Crippen LogP contribution in [0.1, 0.15) is 31.2 Å². The van der Waals surface area contributed by atoms with Gasteiger partial charge in [-0.15, -0.1) is 0 Å². The van der Waals surface area contributed by atoms with E-state index in [0.717, 1.165) is 68.4 Å². The number of carbonyl (C=O) groups is 1. The Morgan fingerprint density at radius 2 is 1.84 bits per heavy atom. The van der Waals surface area contributed by atoms with Gasteiger partial charge >= 0.3 is 6.18 Å². The van der Waals surface area contributed by atoms with Gasteiger partial charge in [-0.2, -0.15) is 13.2 Å². The Bertz CT molecular complexity index is 1130. The fourth-order valence-corrected chi connectivity index (χ4v) is 5.20. The first-order valence-electron chi connectivity index (χ1n) is 12.7. The maximum atomic E-state index is 13.3. The summed E-state index contributed by atoms with van der Waals surface area (Å²) >= 11 is 6.00. The van der Waals surface area contributed by atoms with Crippen LogP contribution in [-0.2, 0) is 11.0 Å². The number of carbonyl (C=O) groups excluding carboxylic acids is 1. The van der Waals surface area contributed by atoms with E-state index in [9.17, 15) is 28.1 Å². The van der Waals surface area contributed by atoms with Crippen molar-refractivity contribution in [1.29, 1.82) is 0 Å². The maximum Gasteiger partial charge on any atom is 0.423 e. The highest BCUT2D eigenvalue weighted by molar-refractivity contribution is 6.30. The van der Waals surface area contributed by atoms with E-state index in [1.807, 2.05) is 24.3 Å². The van der Waals surface area contributed by atoms with E-state index in [2.05, 4.69) is 15.1 Å². The molecule has 0 saturated carbocycles. The SMILES string of the molecule is O=C(CCCN1CCCN(c2ccc(Cl)cc2)CC1)N1CC[C@H](Nc2ccc([N+](=O)[O-])c(C(F)(F)F)c2)C1. The number of rotatable bonds is 8. The Kier molecular flexibility index (Phi) is 8.99. The minimum atomic E-state index is -4.83. The smallest absolute Gasteiger partial charge is 0.380 e. The van der Waals surface area contributed by atoms with Crippen molar-refractivity contribution >= 4 is 34.6 Å². The number of amides is 1. The van der Waals surface area contributed by atoms with Crippen molar-refractivity contribution in [1.82, 2.24) is 9.80 Å². The van der Waals surface area contributed by atoms with Crippen LogP contribution in [0.25, 0.3) is 0 Å². The van der Waals surface area contributed by atoms with E-state index >= 15 is 0 Å². The molecule has 0 aromatic heterocycles. The van der Waals surface area contributed by atoms with Crippen molar-refractivity contribution in [3.8, 4) is 0 Å². The van der Waals surface area contributed by atoms with Gasteiger partial charge in [0, 0.05) is 67.7 Å². The van der Waals surface area contributed by atoms with Crippen LogP contribution in [-0.4, -0.2) is 72.5 Å². The second-order valence-electron chi connectivity index (χ2n) is 9.72. The molecule has 1 amide bonds. The first-order valence-corrected chi connectivity index (χ1v) is 13.1. The van der Waals surface area contributed by atoms with Crippen LogP contribution in [0.5, 0.6) is 0 Å². The molecule has 0 aliphatic carbocycles. The van der Waals surface area contributed by atoms with Crippen molar-refractivity contribution < 1.29 is 22.9 Å². The number of nitrogens with one attached hydrogen (secondary N) is 1. The summed E-state index contributed by atoms with van der Waals surface area (Å²) in [6, 6.07) is 10.5. The summed E-state index contributed by atoms with van der Waals surface area (Å²) in [6.07, 6.45) is -2.05. The normalized spacial score (nSPS) is 18.9. The molecule has 1 atom stereocenters. The van der Waals surface area contributed by atoms with Crippen LogP contribution >= 0.6 is 11.6 Å². The van der Waals surface area contributed by atoms with Crippen LogP contribution in [0.3, 0.4) is 0 Å². The van der Waals surface area contributed by atoms with E-state index in [1.165, 1.54) is 6.07 Å². The average Bonchev–Trinajstić information content (AvgIpc) is 3.21. The van der Waals surface area contributed by atoms with Crippen LogP contribution < -0.4 is 10.2 Å². The molecular formula is C26H31ClF3N5O3. The average molecular weight is 554 g/mol. The van der Waals surface area contributed by atoms with Crippen molar-refractivity contribution in [2.75, 3.05) is 56.0 Å². The molecule has 38 heavy (non-hydrogen) atoms. The Labute approximate surface area is 224 Å². The van der Waals surface area contributed by atoms with Crippen LogP contribution in [0.4, 0.5) is 30.2 Å². The highest BCUT2D eigenvalue weighted by Gasteiger charge is 2.38. The van der Waals surface area contributed by atoms with Crippen molar-refractivity contribution in [2.45, 2.75) is 37.9 Å². The van der Waals surface area contributed by atoms with Crippen LogP contribution in [0, 0.1) is 10.1 Å². The Balaban J connectivity index is 1.21. The molecule has 2 aromatic rings. The van der Waals surface area contributed by atoms with Gasteiger partial charge in [-0.25, -0.2) is 0 Å². The molecule has 206 valence electrons. The number of hydrogen-bond donors (Lipinski definition) is 1. The quantitative estimate of drug-likeness (QED) is 0.354. The second kappa shape index (κ2) is 12.2. The lowest BCUT2D eigenvalue weighted by Crippen LogP contribution is -2.33. The summed E-state index contributed by atoms with van der Waals surface area (Å²) in [6.45, 7) is 5.52. The minimum absolute atomic E-state index is 0.0339. The number of likely N-dealkylation sites (tertiary alicyclic amines) is 1. The predicted octanol–water partition coefficient (Wildman–Crippen LogP) is 5.27. The number of alkyl halides is 3. The molecule has 0 unspecified atom stereocenters. The Morgan fingerprint density at radius 1 is 1.08 bits per heavy atom. The molecule has 4 rings (SSSR count). The highest BCUT2D eigenvalue weighted by atomic mass is 35.5. The van der Waals surface area contributed by atoms with Crippen molar-refractivity contribution in [3.05, 3.63) is 63.2 Å². The largest absolute Gasteiger partial charge is 0.423 e. The number of anilines is 2. The standard InChI is InChI=1S/C26H31ClF3N5O3/c27-19-4-7-22(8-5-19)33-13-2-12-32(15-16-33)11-1-3-25(36)34-14-10-21(18-34)31-20-6-9-24(35(37)38)23(17-20)26(28,29)30/h4-9,17,21,31H,1-3,10-16,18H2/t21-/m0/s1. The zero-order valence-corrected chi connectivity index (χ0v) is 21.7. The topological polar surface area (TPSA) is 82.0 Å². The lowest BCUT2D eigenvalue weighted by Gasteiger charge is -2.24. The zero-order chi connectivity index (χ0) is 27.3. The second-order valence-corrected chi connectivity index (χ2v) is 10.2. The molecule has 1 N–H and O–H groups in total. The Hall–Kier alpha value is -3.05. The number of hydrogen-bond acceptors (Lipinski definition) is 6. The lowest BCUT2D eigenvalue weighted by molar-refractivity contribution is -0.388. The minimum Gasteiger partial charge on any atom is -0.380 e. The van der Waals surface area contributed by atoms with Gasteiger partial charge in [0.1, 0.15) is 5.56 Å². The third-order valence-corrected chi connectivity index (χ3v) is 7.31. The number of benzene rings is 2. The monoisotopic (exact) mass is 553 g/mol. The molecule has 0 bridgehead atoms. The molecule has 2 aliphatic rings. The Morgan fingerprint density at radius 3 is 2.55 bits per heavy atom. The van der Waals surface area contributed by atoms with Crippen molar-refractivity contribution in [2.24, 2.45) is 0 Å². The summed E-state index contributed by atoms with van der Waals surface area (Å²) in [5.74, 6) is 0.0339. The fraction of sp³-hybridized carbons (Fsp3) is 0.500. The summed E-state index contributed by atoms with van der Waals surface area (Å²) in [5, 5.41) is 14.7. The van der Waals surface area contributed by atoms with Crippen LogP contribution in [0.2, 0.25) is 5.02 Å². The summed E-state index contributed by atoms with van der Waals surface area (Å²) in [4.78, 5) is 29.1. The van der Waals surface area contributed by atoms with Gasteiger partial charge in [0.2, 0.25) is 5.91 Å². The van der Waals surface area contributed by atoms with Gasteiger partial charge in [-0.05, 0) is 68.8 Å². The third-order valence-electron chi connectivity index (χ3n) is 7.06. The zero-order valence-electron chi connectivity index (χ0n) is 20.9. The molecule has 0 radical (unpaired) electrons. The third kappa shape index (κ3) is 7.28. The molecule has 2 fully saturated rings. The summed E-state index contributed by atoms with van der Waals surface area (Å²) in [5.41, 5.74) is -0.959. The van der Waals surface area contributed by atoms with Gasteiger partial charge in [0.25, 0.3) is 5.69 Å². The number of nitro benzene ring substituents is 1. The van der Waals surface area contributed by atoms with Crippen LogP contribution in [0.15, 0.2) is 42.5 Å². The molecule has 12 heteroatoms. The first kappa shape index (κ1) is 28.0. The molecule has 2 saturated heterocycles. The summed E-state index contributed by atoms with van der Waals surface area (Å²) in [7, 11) is 0. The molecule has 0 spiro atoms. The number of nitro groups is 1. The number of halogens is 4.